The van der Waals surface area contributed by atoms with Gasteiger partial charge >= 0.3 is 0 Å². The normalized spacial score (nSPS) is 13.6. The molecule has 1 amide bonds. The van der Waals surface area contributed by atoms with E-state index in [-0.39, 0.29) is 12.5 Å². The van der Waals surface area contributed by atoms with Crippen molar-refractivity contribution in [3.05, 3.63) is 122 Å². The van der Waals surface area contributed by atoms with Crippen LogP contribution in [0.3, 0.4) is 0 Å². The van der Waals surface area contributed by atoms with Crippen LogP contribution in [-0.4, -0.2) is 34.9 Å². The Labute approximate surface area is 467 Å². The third-order valence-corrected chi connectivity index (χ3v) is 14.2. The van der Waals surface area contributed by atoms with E-state index in [4.69, 9.17) is 0 Å². The molecular formula is C71H123NO3. The number of nitrogens with one attached hydrogen (secondary N) is 1. The van der Waals surface area contributed by atoms with Gasteiger partial charge < -0.3 is 15.5 Å². The highest BCUT2D eigenvalue weighted by Crippen LogP contribution is 2.17. The van der Waals surface area contributed by atoms with Crippen molar-refractivity contribution in [1.29, 1.82) is 0 Å². The van der Waals surface area contributed by atoms with Crippen LogP contribution in [0, 0.1) is 0 Å². The summed E-state index contributed by atoms with van der Waals surface area (Å²) < 4.78 is 0. The van der Waals surface area contributed by atoms with E-state index < -0.39 is 12.1 Å². The van der Waals surface area contributed by atoms with Gasteiger partial charge in [0.05, 0.1) is 18.8 Å². The molecule has 0 aliphatic rings. The van der Waals surface area contributed by atoms with Gasteiger partial charge in [-0.25, -0.2) is 0 Å². The molecule has 4 heteroatoms. The first kappa shape index (κ1) is 71.8. The number of carbonyl (C=O) groups is 1. The Morgan fingerprint density at radius 2 is 0.587 bits per heavy atom. The van der Waals surface area contributed by atoms with Gasteiger partial charge in [0.15, 0.2) is 0 Å². The fourth-order valence-corrected chi connectivity index (χ4v) is 9.35. The molecule has 4 nitrogen and oxygen atoms in total. The van der Waals surface area contributed by atoms with Gasteiger partial charge in [0.2, 0.25) is 5.91 Å². The number of aliphatic hydroxyl groups excluding tert-OH is 2. The van der Waals surface area contributed by atoms with E-state index in [1.54, 1.807) is 6.08 Å². The van der Waals surface area contributed by atoms with E-state index in [0.29, 0.717) is 6.42 Å². The van der Waals surface area contributed by atoms with Crippen LogP contribution in [0.25, 0.3) is 0 Å². The Morgan fingerprint density at radius 1 is 0.333 bits per heavy atom. The van der Waals surface area contributed by atoms with Crippen molar-refractivity contribution in [1.82, 2.24) is 5.32 Å². The van der Waals surface area contributed by atoms with Crippen LogP contribution in [0.2, 0.25) is 0 Å². The molecule has 0 saturated heterocycles. The Kier molecular flexibility index (Phi) is 62.3. The number of rotatable bonds is 58. The van der Waals surface area contributed by atoms with Crippen molar-refractivity contribution in [3.8, 4) is 0 Å². The summed E-state index contributed by atoms with van der Waals surface area (Å²) in [6.07, 6.45) is 99.7. The smallest absolute Gasteiger partial charge is 0.220 e. The largest absolute Gasteiger partial charge is 0.394 e. The second-order valence-corrected chi connectivity index (χ2v) is 21.5. The molecule has 2 atom stereocenters. The third kappa shape index (κ3) is 61.5. The van der Waals surface area contributed by atoms with Crippen molar-refractivity contribution in [2.45, 2.75) is 315 Å². The summed E-state index contributed by atoms with van der Waals surface area (Å²) in [7, 11) is 0. The zero-order valence-electron chi connectivity index (χ0n) is 49.5. The van der Waals surface area contributed by atoms with Crippen molar-refractivity contribution < 1.29 is 15.0 Å². The van der Waals surface area contributed by atoms with Gasteiger partial charge in [0, 0.05) is 6.42 Å². The molecule has 3 N–H and O–H groups in total. The van der Waals surface area contributed by atoms with Crippen molar-refractivity contribution >= 4 is 5.91 Å². The zero-order chi connectivity index (χ0) is 54.1. The average Bonchev–Trinajstić information content (AvgIpc) is 3.41. The van der Waals surface area contributed by atoms with Gasteiger partial charge in [-0.1, -0.05) is 328 Å². The predicted molar refractivity (Wildman–Crippen MR) is 336 cm³/mol. The summed E-state index contributed by atoms with van der Waals surface area (Å²) in [4.78, 5) is 12.5. The van der Waals surface area contributed by atoms with Gasteiger partial charge in [-0.3, -0.25) is 4.79 Å². The van der Waals surface area contributed by atoms with E-state index in [1.165, 1.54) is 186 Å². The molecular weight excluding hydrogens is 915 g/mol. The monoisotopic (exact) mass is 1040 g/mol. The molecule has 2 unspecified atom stereocenters. The van der Waals surface area contributed by atoms with Crippen LogP contribution in [0.15, 0.2) is 122 Å². The summed E-state index contributed by atoms with van der Waals surface area (Å²) in [5, 5.41) is 23.2. The van der Waals surface area contributed by atoms with Gasteiger partial charge in [0.1, 0.15) is 0 Å². The van der Waals surface area contributed by atoms with E-state index >= 15 is 0 Å². The minimum Gasteiger partial charge on any atom is -0.394 e. The SMILES string of the molecule is CC/C=C\C/C=C\C/C=C\C/C=C\C/C=C\C/C=C\C/C=C\C/C=C\C/C=C\CCCCCC(=O)NC(CO)C(O)/C=C/CCCCCCCCCCCCCCCCCCCCCCCCCCCCCCCC. The number of carbonyl (C=O) groups excluding carboxylic acids is 1. The highest BCUT2D eigenvalue weighted by molar-refractivity contribution is 5.76. The first-order chi connectivity index (χ1) is 37.2. The minimum absolute atomic E-state index is 0.0976. The highest BCUT2D eigenvalue weighted by atomic mass is 16.3. The number of allylic oxidation sites excluding steroid dienone is 19. The molecule has 0 fully saturated rings. The fourth-order valence-electron chi connectivity index (χ4n) is 9.35. The first-order valence-corrected chi connectivity index (χ1v) is 32.2. The molecule has 0 rings (SSSR count). The van der Waals surface area contributed by atoms with Crippen LogP contribution in [0.5, 0.6) is 0 Å². The van der Waals surface area contributed by atoms with Gasteiger partial charge in [-0.2, -0.15) is 0 Å². The van der Waals surface area contributed by atoms with Crippen LogP contribution >= 0.6 is 0 Å². The van der Waals surface area contributed by atoms with Crippen LogP contribution in [0.1, 0.15) is 303 Å². The van der Waals surface area contributed by atoms with Gasteiger partial charge in [0.25, 0.3) is 0 Å². The molecule has 0 aliphatic heterocycles. The fraction of sp³-hybridized carbons (Fsp3) is 0.704. The van der Waals surface area contributed by atoms with Crippen LogP contribution in [0.4, 0.5) is 0 Å². The summed E-state index contributed by atoms with van der Waals surface area (Å²) in [5.74, 6) is -0.0976. The number of hydrogen-bond acceptors (Lipinski definition) is 3. The van der Waals surface area contributed by atoms with Crippen molar-refractivity contribution in [3.63, 3.8) is 0 Å². The molecule has 0 bridgehead atoms. The highest BCUT2D eigenvalue weighted by Gasteiger charge is 2.18. The average molecular weight is 1040 g/mol. The lowest BCUT2D eigenvalue weighted by Crippen LogP contribution is -2.45. The lowest BCUT2D eigenvalue weighted by atomic mass is 10.0. The molecule has 0 heterocycles. The Hall–Kier alpha value is -3.21. The number of unbranched alkanes of at least 4 members (excludes halogenated alkanes) is 33. The lowest BCUT2D eigenvalue weighted by Gasteiger charge is -2.19. The summed E-state index contributed by atoms with van der Waals surface area (Å²) >= 11 is 0. The van der Waals surface area contributed by atoms with Crippen molar-refractivity contribution in [2.75, 3.05) is 6.61 Å². The van der Waals surface area contributed by atoms with Crippen LogP contribution in [-0.2, 0) is 4.79 Å². The van der Waals surface area contributed by atoms with Crippen molar-refractivity contribution in [2.24, 2.45) is 0 Å². The van der Waals surface area contributed by atoms with E-state index in [0.717, 1.165) is 96.3 Å². The second-order valence-electron chi connectivity index (χ2n) is 21.5. The molecule has 75 heavy (non-hydrogen) atoms. The van der Waals surface area contributed by atoms with E-state index in [2.05, 4.69) is 129 Å². The first-order valence-electron chi connectivity index (χ1n) is 32.2. The second kappa shape index (κ2) is 65.1. The Balaban J connectivity index is 3.59. The molecule has 0 aliphatic carbocycles. The van der Waals surface area contributed by atoms with E-state index in [1.807, 2.05) is 6.08 Å². The number of hydrogen-bond donors (Lipinski definition) is 3. The standard InChI is InChI=1S/C71H123NO3/c1-3-5-7-9-11-13-15-17-19-21-23-25-27-29-31-33-35-37-38-40-42-44-46-48-50-52-54-56-58-60-62-64-66-70(74)69(68-73)72-71(75)67-65-63-61-59-57-55-53-51-49-47-45-43-41-39-36-34-32-30-28-26-24-22-20-18-16-14-12-10-8-6-4-2/h6,8,12,14,18,20,24,26,30,32,36,39,43,45,49,51,55,57,64,66,69-70,73-74H,3-5,7,9-11,13,15-17,19,21-23,25,27-29,31,33-35,37-38,40-42,44,46-48,50,52-54,56,58-63,65,67-68H2,1-2H3,(H,72,75)/b8-6-,14-12-,20-18-,26-24-,32-30-,39-36-,45-43-,51-49-,57-55-,66-64+. The quantitative estimate of drug-likeness (QED) is 0.0420. The summed E-state index contributed by atoms with van der Waals surface area (Å²) in [6, 6.07) is -0.652. The Morgan fingerprint density at radius 3 is 0.880 bits per heavy atom. The summed E-state index contributed by atoms with van der Waals surface area (Å²) in [5.41, 5.74) is 0. The summed E-state index contributed by atoms with van der Waals surface area (Å²) in [6.45, 7) is 4.20. The number of amides is 1. The molecule has 0 saturated carbocycles. The van der Waals surface area contributed by atoms with E-state index in [9.17, 15) is 15.0 Å². The van der Waals surface area contributed by atoms with Gasteiger partial charge in [-0.15, -0.1) is 0 Å². The molecule has 430 valence electrons. The molecule has 0 aromatic heterocycles. The maximum absolute atomic E-state index is 12.5. The molecule has 0 aromatic carbocycles. The molecule has 0 spiro atoms. The molecule has 0 radical (unpaired) electrons. The molecule has 0 aromatic rings. The van der Waals surface area contributed by atoms with Crippen LogP contribution < -0.4 is 5.32 Å². The maximum Gasteiger partial charge on any atom is 0.220 e. The zero-order valence-corrected chi connectivity index (χ0v) is 49.5. The minimum atomic E-state index is -0.865. The lowest BCUT2D eigenvalue weighted by molar-refractivity contribution is -0.123. The number of aliphatic hydroxyl groups is 2. The topological polar surface area (TPSA) is 69.6 Å². The van der Waals surface area contributed by atoms with Gasteiger partial charge in [-0.05, 0) is 89.9 Å². The third-order valence-electron chi connectivity index (χ3n) is 14.2. The Bertz CT molecular complexity index is 1460. The maximum atomic E-state index is 12.5. The predicted octanol–water partition coefficient (Wildman–Crippen LogP) is 22.0.